The Hall–Kier alpha value is -1.54. The molecule has 6 nitrogen and oxygen atoms in total. The van der Waals surface area contributed by atoms with E-state index in [2.05, 4.69) is 29.5 Å². The molecule has 4 rings (SSSR count). The van der Waals surface area contributed by atoms with E-state index in [4.69, 9.17) is 0 Å². The highest BCUT2D eigenvalue weighted by atomic mass is 32.2. The molecule has 2 N–H and O–H groups in total. The number of hydrogen-bond acceptors (Lipinski definition) is 6. The first-order valence-electron chi connectivity index (χ1n) is 9.93. The van der Waals surface area contributed by atoms with Crippen molar-refractivity contribution in [3.8, 4) is 0 Å². The van der Waals surface area contributed by atoms with E-state index in [1.165, 1.54) is 18.2 Å². The van der Waals surface area contributed by atoms with Crippen molar-refractivity contribution in [2.24, 2.45) is 16.8 Å². The minimum Gasteiger partial charge on any atom is -0.349 e. The molecule has 1 amide bonds. The van der Waals surface area contributed by atoms with Crippen molar-refractivity contribution < 1.29 is 13.2 Å². The lowest BCUT2D eigenvalue weighted by molar-refractivity contribution is 0.0891. The van der Waals surface area contributed by atoms with Gasteiger partial charge in [-0.25, -0.2) is 8.42 Å². The van der Waals surface area contributed by atoms with Crippen LogP contribution < -0.4 is 10.6 Å². The first-order chi connectivity index (χ1) is 13.3. The number of amidine groups is 1. The molecule has 1 saturated carbocycles. The standard InChI is InChI=1S/C20H27N3O3S2/c1-12-5-3-8-16(13(12)2)22-19(24)14-6-4-7-15(9-14)21-20-23-17-10-28(25,26)11-18(17)27-20/h4,6-7,9,12-13,16-18H,3,5,8,10-11H2,1-2H3,(H,21,23)(H,22,24)/t12-,13+,16+,17-,18+/m1/s1. The second-order valence-corrected chi connectivity index (χ2v) is 11.7. The molecule has 1 aromatic rings. The van der Waals surface area contributed by atoms with Crippen LogP contribution in [0.2, 0.25) is 0 Å². The number of amides is 1. The van der Waals surface area contributed by atoms with E-state index in [0.717, 1.165) is 23.7 Å². The number of anilines is 1. The van der Waals surface area contributed by atoms with E-state index in [1.807, 2.05) is 24.3 Å². The Labute approximate surface area is 170 Å². The molecule has 5 atom stereocenters. The highest BCUT2D eigenvalue weighted by Crippen LogP contribution is 2.34. The van der Waals surface area contributed by atoms with Crippen LogP contribution in [0.15, 0.2) is 29.3 Å². The molecule has 0 aromatic heterocycles. The first-order valence-corrected chi connectivity index (χ1v) is 12.6. The molecule has 1 aliphatic carbocycles. The van der Waals surface area contributed by atoms with Crippen LogP contribution >= 0.6 is 11.8 Å². The number of fused-ring (bicyclic) bond motifs is 1. The van der Waals surface area contributed by atoms with Gasteiger partial charge in [-0.15, -0.1) is 0 Å². The zero-order chi connectivity index (χ0) is 19.9. The second-order valence-electron chi connectivity index (χ2n) is 8.29. The van der Waals surface area contributed by atoms with Gasteiger partial charge in [-0.3, -0.25) is 9.79 Å². The average molecular weight is 422 g/mol. The fraction of sp³-hybridized carbons (Fsp3) is 0.600. The Morgan fingerprint density at radius 2 is 2.04 bits per heavy atom. The van der Waals surface area contributed by atoms with E-state index >= 15 is 0 Å². The Morgan fingerprint density at radius 1 is 1.21 bits per heavy atom. The van der Waals surface area contributed by atoms with Gasteiger partial charge in [-0.2, -0.15) is 0 Å². The summed E-state index contributed by atoms with van der Waals surface area (Å²) >= 11 is 1.48. The number of nitrogens with zero attached hydrogens (tertiary/aromatic N) is 1. The number of carbonyl (C=O) groups excluding carboxylic acids is 1. The van der Waals surface area contributed by atoms with Crippen molar-refractivity contribution in [1.82, 2.24) is 5.32 Å². The van der Waals surface area contributed by atoms with Crippen LogP contribution in [0, 0.1) is 11.8 Å². The molecule has 1 aromatic carbocycles. The van der Waals surface area contributed by atoms with Gasteiger partial charge in [-0.05, 0) is 36.5 Å². The SMILES string of the molecule is C[C@H]1[C@H](C)CCC[C@@H]1NC(=O)c1cccc(NC2=N[C@@H]3CS(=O)(=O)C[C@@H]3S2)c1. The number of sulfone groups is 1. The van der Waals surface area contributed by atoms with Crippen LogP contribution in [-0.4, -0.2) is 48.3 Å². The third kappa shape index (κ3) is 4.22. The van der Waals surface area contributed by atoms with Crippen molar-refractivity contribution in [1.29, 1.82) is 0 Å². The predicted octanol–water partition coefficient (Wildman–Crippen LogP) is 2.92. The fourth-order valence-corrected chi connectivity index (χ4v) is 7.99. The number of aliphatic imine (C=N–C) groups is 1. The summed E-state index contributed by atoms with van der Waals surface area (Å²) in [6.07, 6.45) is 3.43. The fourth-order valence-electron chi connectivity index (χ4n) is 4.32. The zero-order valence-electron chi connectivity index (χ0n) is 16.2. The average Bonchev–Trinajstić information content (AvgIpc) is 3.11. The Bertz CT molecular complexity index is 900. The quantitative estimate of drug-likeness (QED) is 0.784. The molecule has 0 unspecified atom stereocenters. The van der Waals surface area contributed by atoms with E-state index in [1.54, 1.807) is 0 Å². The minimum absolute atomic E-state index is 0.00811. The number of benzene rings is 1. The summed E-state index contributed by atoms with van der Waals surface area (Å²) in [7, 11) is -2.95. The van der Waals surface area contributed by atoms with Gasteiger partial charge < -0.3 is 10.6 Å². The normalized spacial score (nSPS) is 33.8. The summed E-state index contributed by atoms with van der Waals surface area (Å²) in [5.74, 6) is 1.40. The third-order valence-corrected chi connectivity index (χ3v) is 9.36. The van der Waals surface area contributed by atoms with Crippen LogP contribution in [0.25, 0.3) is 0 Å². The van der Waals surface area contributed by atoms with Crippen molar-refractivity contribution in [2.45, 2.75) is 50.4 Å². The van der Waals surface area contributed by atoms with Gasteiger partial charge in [0, 0.05) is 22.5 Å². The highest BCUT2D eigenvalue weighted by Gasteiger charge is 2.42. The maximum atomic E-state index is 12.7. The van der Waals surface area contributed by atoms with E-state index in [9.17, 15) is 13.2 Å². The van der Waals surface area contributed by atoms with Gasteiger partial charge in [-0.1, -0.05) is 44.5 Å². The molecule has 28 heavy (non-hydrogen) atoms. The summed E-state index contributed by atoms with van der Waals surface area (Å²) in [6, 6.07) is 7.48. The summed E-state index contributed by atoms with van der Waals surface area (Å²) < 4.78 is 23.4. The molecule has 2 fully saturated rings. The van der Waals surface area contributed by atoms with Crippen LogP contribution in [0.5, 0.6) is 0 Å². The summed E-state index contributed by atoms with van der Waals surface area (Å²) in [6.45, 7) is 4.48. The van der Waals surface area contributed by atoms with Crippen LogP contribution in [-0.2, 0) is 9.84 Å². The Kier molecular flexibility index (Phi) is 5.44. The molecular formula is C20H27N3O3S2. The monoisotopic (exact) mass is 421 g/mol. The van der Waals surface area contributed by atoms with Gasteiger partial charge in [0.15, 0.2) is 15.0 Å². The largest absolute Gasteiger partial charge is 0.349 e. The van der Waals surface area contributed by atoms with Gasteiger partial charge in [0.2, 0.25) is 0 Å². The maximum Gasteiger partial charge on any atom is 0.251 e. The van der Waals surface area contributed by atoms with Crippen LogP contribution in [0.3, 0.4) is 0 Å². The third-order valence-electron chi connectivity index (χ3n) is 6.22. The molecule has 8 heteroatoms. The molecular weight excluding hydrogens is 394 g/mol. The van der Waals surface area contributed by atoms with Gasteiger partial charge in [0.25, 0.3) is 5.91 Å². The molecule has 2 heterocycles. The van der Waals surface area contributed by atoms with Crippen molar-refractivity contribution in [3.05, 3.63) is 29.8 Å². The number of nitrogens with one attached hydrogen (secondary N) is 2. The predicted molar refractivity (Wildman–Crippen MR) is 115 cm³/mol. The summed E-state index contributed by atoms with van der Waals surface area (Å²) in [5.41, 5.74) is 1.42. The Morgan fingerprint density at radius 3 is 2.82 bits per heavy atom. The summed E-state index contributed by atoms with van der Waals surface area (Å²) in [5, 5.41) is 7.20. The minimum atomic E-state index is -2.95. The molecule has 1 saturated heterocycles. The zero-order valence-corrected chi connectivity index (χ0v) is 17.9. The van der Waals surface area contributed by atoms with Crippen molar-refractivity contribution in [3.63, 3.8) is 0 Å². The lowest BCUT2D eigenvalue weighted by atomic mass is 9.78. The van der Waals surface area contributed by atoms with Gasteiger partial charge in [0.05, 0.1) is 17.5 Å². The van der Waals surface area contributed by atoms with Crippen molar-refractivity contribution in [2.75, 3.05) is 16.8 Å². The topological polar surface area (TPSA) is 87.6 Å². The Balaban J connectivity index is 1.40. The highest BCUT2D eigenvalue weighted by molar-refractivity contribution is 8.15. The number of hydrogen-bond donors (Lipinski definition) is 2. The van der Waals surface area contributed by atoms with Crippen LogP contribution in [0.1, 0.15) is 43.5 Å². The van der Waals surface area contributed by atoms with Crippen molar-refractivity contribution >= 4 is 38.4 Å². The molecule has 3 aliphatic rings. The van der Waals surface area contributed by atoms with E-state index < -0.39 is 9.84 Å². The molecule has 0 spiro atoms. The van der Waals surface area contributed by atoms with Gasteiger partial charge in [0.1, 0.15) is 0 Å². The number of thioether (sulfide) groups is 1. The smallest absolute Gasteiger partial charge is 0.251 e. The second kappa shape index (κ2) is 7.71. The maximum absolute atomic E-state index is 12.7. The molecule has 2 aliphatic heterocycles. The van der Waals surface area contributed by atoms with Gasteiger partial charge >= 0.3 is 0 Å². The molecule has 0 radical (unpaired) electrons. The lowest BCUT2D eigenvalue weighted by Gasteiger charge is -2.34. The van der Waals surface area contributed by atoms with Crippen LogP contribution in [0.4, 0.5) is 5.69 Å². The summed E-state index contributed by atoms with van der Waals surface area (Å²) in [4.78, 5) is 17.3. The first kappa shape index (κ1) is 19.8. The lowest BCUT2D eigenvalue weighted by Crippen LogP contribution is -2.43. The molecule has 152 valence electrons. The van der Waals surface area contributed by atoms with E-state index in [-0.39, 0.29) is 34.7 Å². The van der Waals surface area contributed by atoms with E-state index in [0.29, 0.717) is 17.4 Å². The number of carbonyl (C=O) groups is 1. The number of rotatable bonds is 3. The molecule has 0 bridgehead atoms.